The summed E-state index contributed by atoms with van der Waals surface area (Å²) in [5.74, 6) is 0.408. The van der Waals surface area contributed by atoms with Crippen molar-refractivity contribution in [1.82, 2.24) is 30.4 Å². The van der Waals surface area contributed by atoms with Crippen molar-refractivity contribution in [1.29, 1.82) is 0 Å². The molecule has 1 unspecified atom stereocenters. The largest absolute Gasteiger partial charge is 0.322 e. The van der Waals surface area contributed by atoms with Gasteiger partial charge in [-0.05, 0) is 23.6 Å². The molecule has 0 aliphatic carbocycles. The van der Waals surface area contributed by atoms with Crippen LogP contribution in [0.25, 0.3) is 0 Å². The average Bonchev–Trinajstić information content (AvgIpc) is 3.24. The van der Waals surface area contributed by atoms with Crippen LogP contribution in [0.15, 0.2) is 24.5 Å². The van der Waals surface area contributed by atoms with Gasteiger partial charge in [-0.1, -0.05) is 12.1 Å². The van der Waals surface area contributed by atoms with Gasteiger partial charge in [-0.2, -0.15) is 0 Å². The molecule has 0 spiro atoms. The molecule has 29 heavy (non-hydrogen) atoms. The molecule has 2 fully saturated rings. The normalized spacial score (nSPS) is 21.7. The Labute approximate surface area is 166 Å². The van der Waals surface area contributed by atoms with Crippen molar-refractivity contribution in [3.05, 3.63) is 47.0 Å². The van der Waals surface area contributed by atoms with Gasteiger partial charge in [0.15, 0.2) is 5.82 Å². The van der Waals surface area contributed by atoms with Crippen molar-refractivity contribution in [2.75, 3.05) is 18.5 Å². The lowest BCUT2D eigenvalue weighted by Gasteiger charge is -2.29. The smallest absolute Gasteiger partial charge is 0.255 e. The third-order valence-corrected chi connectivity index (χ3v) is 5.77. The minimum atomic E-state index is -0.593. The van der Waals surface area contributed by atoms with E-state index in [1.54, 1.807) is 11.2 Å². The molecule has 2 saturated heterocycles. The van der Waals surface area contributed by atoms with Crippen LogP contribution in [0.5, 0.6) is 0 Å². The highest BCUT2D eigenvalue weighted by molar-refractivity contribution is 6.05. The number of nitrogens with one attached hydrogen (secondary N) is 3. The molecular weight excluding hydrogens is 374 g/mol. The Kier molecular flexibility index (Phi) is 4.27. The monoisotopic (exact) mass is 395 g/mol. The number of piperidine rings is 1. The van der Waals surface area contributed by atoms with Gasteiger partial charge in [0.25, 0.3) is 5.91 Å². The summed E-state index contributed by atoms with van der Waals surface area (Å²) in [6.07, 6.45) is 2.27. The molecule has 1 aromatic carbocycles. The van der Waals surface area contributed by atoms with Crippen LogP contribution < -0.4 is 16.1 Å². The maximum Gasteiger partial charge on any atom is 0.255 e. The van der Waals surface area contributed by atoms with Gasteiger partial charge in [-0.3, -0.25) is 19.7 Å². The summed E-state index contributed by atoms with van der Waals surface area (Å²) < 4.78 is 1.83. The number of hydrogen-bond acceptors (Lipinski definition) is 7. The number of amides is 3. The fraction of sp³-hybridized carbons (Fsp3) is 0.421. The maximum atomic E-state index is 12.9. The standard InChI is InChI=1S/C19H21N7O3/c27-16-4-3-15(18(28)23-16)25-9-12-2-1-11(5-14(12)19(25)29)6-22-26-10-21-24-17(26)13-7-20-8-13/h1-2,5,10,13,15,20,22H,3-4,6-9H2,(H,23,27,28). The van der Waals surface area contributed by atoms with Crippen molar-refractivity contribution in [2.45, 2.75) is 37.9 Å². The fourth-order valence-electron chi connectivity index (χ4n) is 4.00. The van der Waals surface area contributed by atoms with Gasteiger partial charge in [-0.25, -0.2) is 4.68 Å². The van der Waals surface area contributed by atoms with Gasteiger partial charge in [0.05, 0.1) is 6.54 Å². The molecule has 3 aliphatic heterocycles. The first-order valence-electron chi connectivity index (χ1n) is 9.71. The maximum absolute atomic E-state index is 12.9. The summed E-state index contributed by atoms with van der Waals surface area (Å²) in [5.41, 5.74) is 5.75. The summed E-state index contributed by atoms with van der Waals surface area (Å²) in [6.45, 7) is 2.69. The first-order valence-corrected chi connectivity index (χ1v) is 9.71. The molecule has 2 aromatic rings. The minimum absolute atomic E-state index is 0.165. The number of carbonyl (C=O) groups is 3. The molecular formula is C19H21N7O3. The molecule has 10 heteroatoms. The number of nitrogens with zero attached hydrogens (tertiary/aromatic N) is 4. The van der Waals surface area contributed by atoms with E-state index in [2.05, 4.69) is 26.3 Å². The Bertz CT molecular complexity index is 997. The molecule has 1 aromatic heterocycles. The van der Waals surface area contributed by atoms with Gasteiger partial charge in [-0.15, -0.1) is 10.2 Å². The third kappa shape index (κ3) is 3.15. The van der Waals surface area contributed by atoms with Crippen molar-refractivity contribution in [3.63, 3.8) is 0 Å². The third-order valence-electron chi connectivity index (χ3n) is 5.77. The van der Waals surface area contributed by atoms with Gasteiger partial charge >= 0.3 is 0 Å². The summed E-state index contributed by atoms with van der Waals surface area (Å²) in [7, 11) is 0. The summed E-state index contributed by atoms with van der Waals surface area (Å²) in [6, 6.07) is 5.18. The molecule has 0 radical (unpaired) electrons. The predicted octanol–water partition coefficient (Wildman–Crippen LogP) is -0.530. The van der Waals surface area contributed by atoms with Gasteiger partial charge in [0.1, 0.15) is 12.4 Å². The molecule has 0 saturated carbocycles. The average molecular weight is 395 g/mol. The summed E-state index contributed by atoms with van der Waals surface area (Å²) >= 11 is 0. The van der Waals surface area contributed by atoms with Crippen LogP contribution in [0.2, 0.25) is 0 Å². The van der Waals surface area contributed by atoms with E-state index in [0.717, 1.165) is 30.0 Å². The number of carbonyl (C=O) groups excluding carboxylic acids is 3. The Hall–Kier alpha value is -3.27. The SMILES string of the molecule is O=C1CCC(N2Cc3ccc(CNn4cnnc4C4CNC4)cc3C2=O)C(=O)N1. The lowest BCUT2D eigenvalue weighted by molar-refractivity contribution is -0.136. The number of fused-ring (bicyclic) bond motifs is 1. The van der Waals surface area contributed by atoms with E-state index in [1.165, 1.54) is 0 Å². The Morgan fingerprint density at radius 2 is 2.07 bits per heavy atom. The second kappa shape index (κ2) is 6.96. The highest BCUT2D eigenvalue weighted by atomic mass is 16.2. The Balaban J connectivity index is 1.29. The highest BCUT2D eigenvalue weighted by Crippen LogP contribution is 2.28. The fourth-order valence-corrected chi connectivity index (χ4v) is 4.00. The zero-order chi connectivity index (χ0) is 20.0. The summed E-state index contributed by atoms with van der Waals surface area (Å²) in [4.78, 5) is 38.0. The number of hydrogen-bond donors (Lipinski definition) is 3. The van der Waals surface area contributed by atoms with Crippen LogP contribution >= 0.6 is 0 Å². The molecule has 4 heterocycles. The van der Waals surface area contributed by atoms with Crippen LogP contribution in [0.3, 0.4) is 0 Å². The molecule has 1 atom stereocenters. The van der Waals surface area contributed by atoms with Gasteiger partial charge < -0.3 is 15.6 Å². The first kappa shape index (κ1) is 17.8. The zero-order valence-corrected chi connectivity index (χ0v) is 15.7. The quantitative estimate of drug-likeness (QED) is 0.582. The predicted molar refractivity (Wildman–Crippen MR) is 101 cm³/mol. The number of aromatic nitrogens is 3. The Morgan fingerprint density at radius 1 is 1.21 bits per heavy atom. The van der Waals surface area contributed by atoms with Crippen LogP contribution in [0, 0.1) is 0 Å². The van der Waals surface area contributed by atoms with Crippen molar-refractivity contribution < 1.29 is 14.4 Å². The summed E-state index contributed by atoms with van der Waals surface area (Å²) in [5, 5.41) is 13.7. The molecule has 10 nitrogen and oxygen atoms in total. The van der Waals surface area contributed by atoms with Crippen LogP contribution in [-0.2, 0) is 22.7 Å². The number of imide groups is 1. The molecule has 3 N–H and O–H groups in total. The topological polar surface area (TPSA) is 121 Å². The Morgan fingerprint density at radius 3 is 2.83 bits per heavy atom. The number of benzene rings is 1. The lowest BCUT2D eigenvalue weighted by atomic mass is 10.0. The van der Waals surface area contributed by atoms with E-state index in [-0.39, 0.29) is 18.2 Å². The van der Waals surface area contributed by atoms with Crippen LogP contribution in [-0.4, -0.2) is 56.6 Å². The second-order valence-electron chi connectivity index (χ2n) is 7.64. The molecule has 150 valence electrons. The first-order chi connectivity index (χ1) is 14.1. The van der Waals surface area contributed by atoms with E-state index in [0.29, 0.717) is 31.0 Å². The van der Waals surface area contributed by atoms with E-state index in [4.69, 9.17) is 0 Å². The molecule has 3 aliphatic rings. The van der Waals surface area contributed by atoms with Crippen LogP contribution in [0.1, 0.15) is 46.1 Å². The van der Waals surface area contributed by atoms with E-state index in [9.17, 15) is 14.4 Å². The zero-order valence-electron chi connectivity index (χ0n) is 15.7. The van der Waals surface area contributed by atoms with Gasteiger partial charge in [0.2, 0.25) is 11.8 Å². The highest BCUT2D eigenvalue weighted by Gasteiger charge is 2.39. The number of rotatable bonds is 5. The minimum Gasteiger partial charge on any atom is -0.322 e. The van der Waals surface area contributed by atoms with E-state index in [1.807, 2.05) is 22.9 Å². The second-order valence-corrected chi connectivity index (χ2v) is 7.64. The lowest BCUT2D eigenvalue weighted by Crippen LogP contribution is -2.52. The van der Waals surface area contributed by atoms with Crippen molar-refractivity contribution in [2.24, 2.45) is 0 Å². The van der Waals surface area contributed by atoms with E-state index < -0.39 is 11.9 Å². The van der Waals surface area contributed by atoms with Crippen molar-refractivity contribution >= 4 is 17.7 Å². The molecule has 5 rings (SSSR count). The van der Waals surface area contributed by atoms with Gasteiger partial charge in [0, 0.05) is 37.5 Å². The molecule has 3 amide bonds. The van der Waals surface area contributed by atoms with Crippen LogP contribution in [0.4, 0.5) is 0 Å². The van der Waals surface area contributed by atoms with Crippen molar-refractivity contribution in [3.8, 4) is 0 Å². The molecule has 0 bridgehead atoms. The van der Waals surface area contributed by atoms with E-state index >= 15 is 0 Å².